The van der Waals surface area contributed by atoms with E-state index in [0.29, 0.717) is 23.4 Å². The van der Waals surface area contributed by atoms with Gasteiger partial charge in [-0.1, -0.05) is 31.0 Å². The van der Waals surface area contributed by atoms with Crippen molar-refractivity contribution in [1.82, 2.24) is 25.1 Å². The van der Waals surface area contributed by atoms with E-state index in [4.69, 9.17) is 5.84 Å². The maximum absolute atomic E-state index is 11.8. The highest BCUT2D eigenvalue weighted by Crippen LogP contribution is 2.32. The molecular formula is C15H28N6OS. The molecule has 0 saturated heterocycles. The Morgan fingerprint density at radius 1 is 1.35 bits per heavy atom. The van der Waals surface area contributed by atoms with E-state index >= 15 is 0 Å². The summed E-state index contributed by atoms with van der Waals surface area (Å²) in [6, 6.07) is 0. The second-order valence-corrected chi connectivity index (χ2v) is 7.28. The molecule has 8 heteroatoms. The lowest BCUT2D eigenvalue weighted by Crippen LogP contribution is -2.28. The van der Waals surface area contributed by atoms with Crippen LogP contribution in [0.4, 0.5) is 0 Å². The van der Waals surface area contributed by atoms with Crippen LogP contribution in [-0.2, 0) is 4.79 Å². The standard InChI is InChI=1S/C15H28N6OS/c1-20(2)10-6-9-17-13(22)11-23-15-19-18-14(21(15)16)12-7-4-3-5-8-12/h12H,3-11,16H2,1-2H3,(H,17,22). The minimum absolute atomic E-state index is 0.0102. The molecule has 0 unspecified atom stereocenters. The fourth-order valence-electron chi connectivity index (χ4n) is 2.83. The van der Waals surface area contributed by atoms with Gasteiger partial charge in [0.25, 0.3) is 0 Å². The molecule has 0 atom stereocenters. The summed E-state index contributed by atoms with van der Waals surface area (Å²) < 4.78 is 1.57. The summed E-state index contributed by atoms with van der Waals surface area (Å²) in [4.78, 5) is 13.9. The Bertz CT molecular complexity index is 498. The second kappa shape index (κ2) is 9.12. The third-order valence-corrected chi connectivity index (χ3v) is 5.04. The number of rotatable bonds is 8. The Morgan fingerprint density at radius 2 is 2.09 bits per heavy atom. The summed E-state index contributed by atoms with van der Waals surface area (Å²) in [6.07, 6.45) is 6.97. The highest BCUT2D eigenvalue weighted by molar-refractivity contribution is 7.99. The lowest BCUT2D eigenvalue weighted by Gasteiger charge is -2.20. The summed E-state index contributed by atoms with van der Waals surface area (Å²) in [5, 5.41) is 11.9. The summed E-state index contributed by atoms with van der Waals surface area (Å²) in [5.74, 6) is 7.71. The Balaban J connectivity index is 1.75. The van der Waals surface area contributed by atoms with Crippen LogP contribution in [0.1, 0.15) is 50.3 Å². The van der Waals surface area contributed by atoms with E-state index in [1.165, 1.54) is 31.0 Å². The molecule has 2 rings (SSSR count). The van der Waals surface area contributed by atoms with Crippen LogP contribution in [-0.4, -0.2) is 58.6 Å². The molecule has 3 N–H and O–H groups in total. The molecule has 1 saturated carbocycles. The Labute approximate surface area is 142 Å². The molecule has 1 amide bonds. The van der Waals surface area contributed by atoms with Crippen molar-refractivity contribution in [3.63, 3.8) is 0 Å². The molecule has 1 fully saturated rings. The van der Waals surface area contributed by atoms with Crippen molar-refractivity contribution >= 4 is 17.7 Å². The minimum Gasteiger partial charge on any atom is -0.355 e. The lowest BCUT2D eigenvalue weighted by atomic mass is 9.89. The highest BCUT2D eigenvalue weighted by atomic mass is 32.2. The number of amides is 1. The Hall–Kier alpha value is -1.28. The van der Waals surface area contributed by atoms with Crippen LogP contribution >= 0.6 is 11.8 Å². The number of thioether (sulfide) groups is 1. The van der Waals surface area contributed by atoms with Crippen LogP contribution in [0.25, 0.3) is 0 Å². The van der Waals surface area contributed by atoms with E-state index in [1.807, 2.05) is 14.1 Å². The average molecular weight is 340 g/mol. The first-order chi connectivity index (χ1) is 11.1. The van der Waals surface area contributed by atoms with Gasteiger partial charge in [-0.05, 0) is 39.9 Å². The van der Waals surface area contributed by atoms with Gasteiger partial charge in [0.2, 0.25) is 11.1 Å². The van der Waals surface area contributed by atoms with Crippen LogP contribution in [0.2, 0.25) is 0 Å². The van der Waals surface area contributed by atoms with Crippen LogP contribution < -0.4 is 11.2 Å². The third kappa shape index (κ3) is 5.69. The summed E-state index contributed by atoms with van der Waals surface area (Å²) in [5.41, 5.74) is 0. The van der Waals surface area contributed by atoms with Crippen molar-refractivity contribution in [2.24, 2.45) is 0 Å². The molecule has 0 aliphatic heterocycles. The summed E-state index contributed by atoms with van der Waals surface area (Å²) >= 11 is 1.35. The van der Waals surface area contributed by atoms with Gasteiger partial charge in [0.05, 0.1) is 5.75 Å². The molecule has 0 spiro atoms. The Morgan fingerprint density at radius 3 is 2.78 bits per heavy atom. The molecule has 1 aliphatic carbocycles. The average Bonchev–Trinajstić information content (AvgIpc) is 2.91. The first-order valence-corrected chi connectivity index (χ1v) is 9.31. The topological polar surface area (TPSA) is 89.1 Å². The number of hydrogen-bond donors (Lipinski definition) is 2. The van der Waals surface area contributed by atoms with E-state index in [2.05, 4.69) is 20.4 Å². The van der Waals surface area contributed by atoms with E-state index in [9.17, 15) is 4.79 Å². The van der Waals surface area contributed by atoms with Crippen LogP contribution in [0.15, 0.2) is 5.16 Å². The summed E-state index contributed by atoms with van der Waals surface area (Å²) in [6.45, 7) is 1.66. The SMILES string of the molecule is CN(C)CCCNC(=O)CSc1nnc(C2CCCCC2)n1N. The van der Waals surface area contributed by atoms with Gasteiger partial charge in [-0.25, -0.2) is 4.68 Å². The summed E-state index contributed by atoms with van der Waals surface area (Å²) in [7, 11) is 4.05. The number of nitrogen functional groups attached to an aromatic ring is 1. The zero-order valence-electron chi connectivity index (χ0n) is 14.1. The number of nitrogens with two attached hydrogens (primary N) is 1. The van der Waals surface area contributed by atoms with E-state index < -0.39 is 0 Å². The smallest absolute Gasteiger partial charge is 0.230 e. The highest BCUT2D eigenvalue weighted by Gasteiger charge is 2.22. The van der Waals surface area contributed by atoms with Crippen molar-refractivity contribution in [2.45, 2.75) is 49.6 Å². The van der Waals surface area contributed by atoms with E-state index in [-0.39, 0.29) is 5.91 Å². The van der Waals surface area contributed by atoms with Crippen molar-refractivity contribution in [3.8, 4) is 0 Å². The van der Waals surface area contributed by atoms with E-state index in [0.717, 1.165) is 31.6 Å². The number of nitrogens with one attached hydrogen (secondary N) is 1. The zero-order valence-corrected chi connectivity index (χ0v) is 14.9. The first kappa shape index (κ1) is 18.1. The van der Waals surface area contributed by atoms with Gasteiger partial charge in [0.15, 0.2) is 5.82 Å². The van der Waals surface area contributed by atoms with Gasteiger partial charge in [-0.2, -0.15) is 0 Å². The predicted octanol–water partition coefficient (Wildman–Crippen LogP) is 1.20. The van der Waals surface area contributed by atoms with Crippen LogP contribution in [0, 0.1) is 0 Å². The maximum Gasteiger partial charge on any atom is 0.230 e. The van der Waals surface area contributed by atoms with Crippen molar-refractivity contribution in [2.75, 3.05) is 38.8 Å². The molecular weight excluding hydrogens is 312 g/mol. The van der Waals surface area contributed by atoms with Crippen molar-refractivity contribution in [1.29, 1.82) is 0 Å². The molecule has 0 radical (unpaired) electrons. The number of hydrogen-bond acceptors (Lipinski definition) is 6. The molecule has 1 aromatic heterocycles. The fourth-order valence-corrected chi connectivity index (χ4v) is 3.52. The Kier molecular flexibility index (Phi) is 7.16. The quantitative estimate of drug-likeness (QED) is 0.420. The third-order valence-electron chi connectivity index (χ3n) is 4.10. The molecule has 0 aromatic carbocycles. The first-order valence-electron chi connectivity index (χ1n) is 8.32. The van der Waals surface area contributed by atoms with Crippen LogP contribution in [0.3, 0.4) is 0 Å². The molecule has 0 bridgehead atoms. The van der Waals surface area contributed by atoms with Crippen molar-refractivity contribution < 1.29 is 4.79 Å². The lowest BCUT2D eigenvalue weighted by molar-refractivity contribution is -0.118. The van der Waals surface area contributed by atoms with Gasteiger partial charge in [-0.3, -0.25) is 4.79 Å². The minimum atomic E-state index is 0.0102. The molecule has 1 heterocycles. The maximum atomic E-state index is 11.8. The molecule has 130 valence electrons. The van der Waals surface area contributed by atoms with Crippen LogP contribution in [0.5, 0.6) is 0 Å². The van der Waals surface area contributed by atoms with E-state index in [1.54, 1.807) is 4.68 Å². The monoisotopic (exact) mass is 340 g/mol. The molecule has 23 heavy (non-hydrogen) atoms. The number of carbonyl (C=O) groups excluding carboxylic acids is 1. The zero-order chi connectivity index (χ0) is 16.7. The van der Waals surface area contributed by atoms with Gasteiger partial charge in [0, 0.05) is 12.5 Å². The largest absolute Gasteiger partial charge is 0.355 e. The number of aromatic nitrogens is 3. The predicted molar refractivity (Wildman–Crippen MR) is 92.9 cm³/mol. The molecule has 7 nitrogen and oxygen atoms in total. The molecule has 1 aliphatic rings. The van der Waals surface area contributed by atoms with Gasteiger partial charge < -0.3 is 16.1 Å². The van der Waals surface area contributed by atoms with Crippen molar-refractivity contribution in [3.05, 3.63) is 5.82 Å². The van der Waals surface area contributed by atoms with Gasteiger partial charge in [0.1, 0.15) is 0 Å². The van der Waals surface area contributed by atoms with Gasteiger partial charge in [-0.15, -0.1) is 10.2 Å². The molecule has 1 aromatic rings. The second-order valence-electron chi connectivity index (χ2n) is 6.34. The number of nitrogens with zero attached hydrogens (tertiary/aromatic N) is 4. The van der Waals surface area contributed by atoms with Gasteiger partial charge >= 0.3 is 0 Å². The fraction of sp³-hybridized carbons (Fsp3) is 0.800. The normalized spacial score (nSPS) is 16.0. The number of carbonyl (C=O) groups is 1.